The van der Waals surface area contributed by atoms with Crippen molar-refractivity contribution >= 4 is 22.6 Å². The molecule has 50 heavy (non-hydrogen) atoms. The van der Waals surface area contributed by atoms with E-state index in [0.29, 0.717) is 43.6 Å². The van der Waals surface area contributed by atoms with Gasteiger partial charge in [0.25, 0.3) is 11.5 Å². The van der Waals surface area contributed by atoms with Crippen molar-refractivity contribution in [2.45, 2.75) is 57.3 Å². The maximum Gasteiger partial charge on any atom is 0.337 e. The molecule has 1 fully saturated rings. The minimum absolute atomic E-state index is 0.0114. The lowest BCUT2D eigenvalue weighted by Crippen LogP contribution is -2.45. The van der Waals surface area contributed by atoms with E-state index in [-0.39, 0.29) is 35.4 Å². The maximum absolute atomic E-state index is 14.5. The molecule has 0 saturated heterocycles. The third-order valence-electron chi connectivity index (χ3n) is 9.26. The second kappa shape index (κ2) is 13.8. The van der Waals surface area contributed by atoms with Gasteiger partial charge in [-0.3, -0.25) is 14.2 Å². The summed E-state index contributed by atoms with van der Waals surface area (Å²) in [5.41, 5.74) is 2.72. The number of hydrogen-bond acceptors (Lipinski definition) is 7. The van der Waals surface area contributed by atoms with Crippen molar-refractivity contribution in [2.24, 2.45) is 0 Å². The van der Waals surface area contributed by atoms with Crippen LogP contribution in [0.2, 0.25) is 0 Å². The number of nitrogens with one attached hydrogen (secondary N) is 2. The van der Waals surface area contributed by atoms with E-state index in [1.165, 1.54) is 38.1 Å². The van der Waals surface area contributed by atoms with Gasteiger partial charge in [-0.1, -0.05) is 36.4 Å². The van der Waals surface area contributed by atoms with Crippen LogP contribution in [0.1, 0.15) is 54.7 Å². The molecule has 0 aliphatic heterocycles. The monoisotopic (exact) mass is 679 g/mol. The van der Waals surface area contributed by atoms with Gasteiger partial charge in [0.2, 0.25) is 0 Å². The van der Waals surface area contributed by atoms with E-state index in [1.807, 2.05) is 49.4 Å². The first kappa shape index (κ1) is 33.0. The highest BCUT2D eigenvalue weighted by atomic mass is 19.1. The summed E-state index contributed by atoms with van der Waals surface area (Å²) in [4.78, 5) is 49.5. The predicted octanol–water partition coefficient (Wildman–Crippen LogP) is 4.52. The van der Waals surface area contributed by atoms with Gasteiger partial charge in [-0.2, -0.15) is 0 Å². The molecule has 11 nitrogen and oxygen atoms in total. The quantitative estimate of drug-likeness (QED) is 0.205. The van der Waals surface area contributed by atoms with Gasteiger partial charge in [-0.05, 0) is 79.6 Å². The molecular formula is C37H35F2N7O4. The Hall–Kier alpha value is -5.53. The average molecular weight is 680 g/mol. The van der Waals surface area contributed by atoms with Crippen LogP contribution >= 0.6 is 0 Å². The number of carbonyl (C=O) groups is 1. The maximum atomic E-state index is 14.5. The number of imidazole rings is 1. The molecule has 0 unspecified atom stereocenters. The number of hydrogen-bond donors (Lipinski definition) is 3. The zero-order valence-corrected chi connectivity index (χ0v) is 27.2. The van der Waals surface area contributed by atoms with Crippen LogP contribution in [0.15, 0.2) is 94.9 Å². The average Bonchev–Trinajstić information content (AvgIpc) is 3.56. The number of fused-ring (bicyclic) bond motifs is 2. The highest BCUT2D eigenvalue weighted by Gasteiger charge is 2.28. The molecule has 0 spiro atoms. The van der Waals surface area contributed by atoms with Crippen molar-refractivity contribution in [2.75, 3.05) is 6.61 Å². The Morgan fingerprint density at radius 1 is 0.960 bits per heavy atom. The number of benzene rings is 2. The van der Waals surface area contributed by atoms with Gasteiger partial charge in [-0.25, -0.2) is 28.1 Å². The van der Waals surface area contributed by atoms with E-state index in [1.54, 1.807) is 6.07 Å². The highest BCUT2D eigenvalue weighted by Crippen LogP contribution is 2.28. The van der Waals surface area contributed by atoms with Gasteiger partial charge in [0.1, 0.15) is 23.0 Å². The van der Waals surface area contributed by atoms with E-state index >= 15 is 0 Å². The number of aliphatic hydroxyl groups excluding tert-OH is 1. The fourth-order valence-electron chi connectivity index (χ4n) is 6.55. The lowest BCUT2D eigenvalue weighted by Gasteiger charge is -2.30. The number of aliphatic hydroxyl groups is 1. The second-order valence-electron chi connectivity index (χ2n) is 12.7. The van der Waals surface area contributed by atoms with E-state index in [9.17, 15) is 28.3 Å². The van der Waals surface area contributed by atoms with E-state index in [4.69, 9.17) is 0 Å². The van der Waals surface area contributed by atoms with Gasteiger partial charge in [0.15, 0.2) is 5.65 Å². The molecule has 256 valence electrons. The highest BCUT2D eigenvalue weighted by molar-refractivity contribution is 5.93. The van der Waals surface area contributed by atoms with Crippen molar-refractivity contribution in [3.8, 4) is 16.8 Å². The number of nitrogens with zero attached hydrogens (tertiary/aromatic N) is 5. The van der Waals surface area contributed by atoms with E-state index in [2.05, 4.69) is 20.6 Å². The Morgan fingerprint density at radius 2 is 1.74 bits per heavy atom. The van der Waals surface area contributed by atoms with Gasteiger partial charge >= 0.3 is 5.69 Å². The SMILES string of the molecule is C[C@H](CO)NCc1ccc(-c2cccc(-n3c(=O)n(C4CCC(NC(=O)c5cn6cc(F)ccc6n5)CC4)c(=O)c4cc(F)cnc43)c2)cc1. The zero-order valence-electron chi connectivity index (χ0n) is 27.2. The van der Waals surface area contributed by atoms with Crippen molar-refractivity contribution in [3.05, 3.63) is 129 Å². The Balaban J connectivity index is 1.15. The number of carbonyl (C=O) groups excluding carboxylic acids is 1. The van der Waals surface area contributed by atoms with Crippen LogP contribution in [-0.4, -0.2) is 53.2 Å². The van der Waals surface area contributed by atoms with E-state index in [0.717, 1.165) is 29.0 Å². The van der Waals surface area contributed by atoms with Crippen molar-refractivity contribution < 1.29 is 18.7 Å². The minimum atomic E-state index is -0.691. The summed E-state index contributed by atoms with van der Waals surface area (Å²) in [6, 6.07) is 18.4. The predicted molar refractivity (Wildman–Crippen MR) is 184 cm³/mol. The molecular weight excluding hydrogens is 644 g/mol. The Labute approximate surface area is 284 Å². The molecule has 1 amide bonds. The van der Waals surface area contributed by atoms with Gasteiger partial charge in [0, 0.05) is 37.1 Å². The molecule has 1 saturated carbocycles. The lowest BCUT2D eigenvalue weighted by atomic mass is 9.90. The van der Waals surface area contributed by atoms with Crippen molar-refractivity contribution in [1.29, 1.82) is 0 Å². The smallest absolute Gasteiger partial charge is 0.337 e. The fourth-order valence-corrected chi connectivity index (χ4v) is 6.55. The molecule has 1 atom stereocenters. The molecule has 2 aromatic carbocycles. The second-order valence-corrected chi connectivity index (χ2v) is 12.7. The first-order chi connectivity index (χ1) is 24.2. The Morgan fingerprint density at radius 3 is 2.50 bits per heavy atom. The molecule has 0 radical (unpaired) electrons. The van der Waals surface area contributed by atoms with Gasteiger partial charge in [0.05, 0.1) is 23.9 Å². The van der Waals surface area contributed by atoms with Crippen LogP contribution in [0.25, 0.3) is 33.5 Å². The molecule has 4 aromatic heterocycles. The number of rotatable bonds is 9. The summed E-state index contributed by atoms with van der Waals surface area (Å²) < 4.78 is 32.1. The first-order valence-corrected chi connectivity index (χ1v) is 16.5. The molecule has 1 aliphatic rings. The number of pyridine rings is 2. The van der Waals surface area contributed by atoms with Crippen LogP contribution in [0, 0.1) is 11.6 Å². The summed E-state index contributed by atoms with van der Waals surface area (Å²) in [6.45, 7) is 2.55. The molecule has 4 heterocycles. The molecule has 0 bridgehead atoms. The molecule has 1 aliphatic carbocycles. The summed E-state index contributed by atoms with van der Waals surface area (Å²) in [5.74, 6) is -1.53. The number of aromatic nitrogens is 5. The van der Waals surface area contributed by atoms with E-state index < -0.39 is 34.8 Å². The van der Waals surface area contributed by atoms with Crippen LogP contribution in [-0.2, 0) is 6.54 Å². The zero-order chi connectivity index (χ0) is 34.9. The molecule has 3 N–H and O–H groups in total. The van der Waals surface area contributed by atoms with Crippen LogP contribution in [0.3, 0.4) is 0 Å². The largest absolute Gasteiger partial charge is 0.395 e. The lowest BCUT2D eigenvalue weighted by molar-refractivity contribution is 0.0917. The minimum Gasteiger partial charge on any atom is -0.395 e. The summed E-state index contributed by atoms with van der Waals surface area (Å²) in [7, 11) is 0. The molecule has 7 rings (SSSR count). The van der Waals surface area contributed by atoms with Crippen LogP contribution < -0.4 is 21.9 Å². The van der Waals surface area contributed by atoms with Crippen LogP contribution in [0.4, 0.5) is 8.78 Å². The van der Waals surface area contributed by atoms with Crippen molar-refractivity contribution in [1.82, 2.24) is 34.1 Å². The van der Waals surface area contributed by atoms with Crippen molar-refractivity contribution in [3.63, 3.8) is 0 Å². The first-order valence-electron chi connectivity index (χ1n) is 16.5. The number of amides is 1. The normalized spacial score (nSPS) is 16.9. The van der Waals surface area contributed by atoms with Gasteiger partial charge < -0.3 is 20.1 Å². The summed E-state index contributed by atoms with van der Waals surface area (Å²) in [6.07, 6.45) is 5.52. The fraction of sp³-hybridized carbons (Fsp3) is 0.270. The standard InChI is InChI=1S/C37H35F2N7O4/c1-22(21-47)40-17-23-5-7-24(8-6-23)25-3-2-4-30(15-25)45-34-31(16-27(39)18-41-34)36(49)46(37(45)50)29-12-10-28(11-13-29)42-35(48)32-20-44-19-26(38)9-14-33(44)43-32/h2-9,14-16,18-20,22,28-29,40,47H,10-13,17,21H2,1H3,(H,42,48)/t22-,28?,29?/m1/s1. The Bertz CT molecular complexity index is 2330. The summed E-state index contributed by atoms with van der Waals surface area (Å²) in [5, 5.41) is 15.5. The van der Waals surface area contributed by atoms with Crippen LogP contribution in [0.5, 0.6) is 0 Å². The summed E-state index contributed by atoms with van der Waals surface area (Å²) >= 11 is 0. The molecule has 13 heteroatoms. The van der Waals surface area contributed by atoms with Gasteiger partial charge in [-0.15, -0.1) is 0 Å². The third-order valence-corrected chi connectivity index (χ3v) is 9.26. The number of halogens is 2. The molecule has 6 aromatic rings. The third kappa shape index (κ3) is 6.57. The Kier molecular flexibility index (Phi) is 9.08. The topological polar surface area (TPSA) is 136 Å².